The van der Waals surface area contributed by atoms with Crippen LogP contribution in [0, 0.1) is 0 Å². The van der Waals surface area contributed by atoms with Gasteiger partial charge in [-0.15, -0.1) is 24.0 Å². The zero-order valence-electron chi connectivity index (χ0n) is 14.6. The quantitative estimate of drug-likeness (QED) is 0.279. The molecular formula is C16H30IN5OS. The first-order valence-electron chi connectivity index (χ1n) is 8.54. The van der Waals surface area contributed by atoms with Gasteiger partial charge in [0.25, 0.3) is 0 Å². The summed E-state index contributed by atoms with van der Waals surface area (Å²) in [7, 11) is 1.11. The highest BCUT2D eigenvalue weighted by Crippen LogP contribution is 2.22. The SMILES string of the molecule is CCS(=O)C1CCCC(NC(=NC)NCCCn2cccn2)C1.I. The van der Waals surface area contributed by atoms with E-state index >= 15 is 0 Å². The second kappa shape index (κ2) is 11.8. The number of guanidine groups is 1. The minimum atomic E-state index is -0.685. The molecule has 0 aromatic carbocycles. The molecule has 0 radical (unpaired) electrons. The number of aromatic nitrogens is 2. The lowest BCUT2D eigenvalue weighted by molar-refractivity contribution is 0.413. The molecule has 1 aromatic rings. The third-order valence-electron chi connectivity index (χ3n) is 4.26. The van der Waals surface area contributed by atoms with Crippen molar-refractivity contribution in [2.24, 2.45) is 4.99 Å². The number of nitrogens with zero attached hydrogens (tertiary/aromatic N) is 3. The Morgan fingerprint density at radius 3 is 2.96 bits per heavy atom. The maximum atomic E-state index is 12.0. The van der Waals surface area contributed by atoms with Gasteiger partial charge < -0.3 is 10.6 Å². The summed E-state index contributed by atoms with van der Waals surface area (Å²) in [5, 5.41) is 11.4. The Bertz CT molecular complexity index is 509. The topological polar surface area (TPSA) is 71.3 Å². The summed E-state index contributed by atoms with van der Waals surface area (Å²) in [5.74, 6) is 1.61. The van der Waals surface area contributed by atoms with Gasteiger partial charge in [-0.05, 0) is 31.7 Å². The average Bonchev–Trinajstić information content (AvgIpc) is 3.10. The number of hydrogen-bond donors (Lipinski definition) is 2. The zero-order valence-corrected chi connectivity index (χ0v) is 17.8. The molecule has 1 aliphatic rings. The molecule has 3 atom stereocenters. The van der Waals surface area contributed by atoms with Crippen molar-refractivity contribution >= 4 is 40.7 Å². The summed E-state index contributed by atoms with van der Waals surface area (Å²) in [5.41, 5.74) is 0. The van der Waals surface area contributed by atoms with Crippen LogP contribution in [0.4, 0.5) is 0 Å². The molecule has 1 heterocycles. The van der Waals surface area contributed by atoms with Gasteiger partial charge in [0.05, 0.1) is 0 Å². The van der Waals surface area contributed by atoms with E-state index in [0.717, 1.165) is 56.9 Å². The molecule has 0 bridgehead atoms. The van der Waals surface area contributed by atoms with Crippen molar-refractivity contribution in [3.63, 3.8) is 0 Å². The van der Waals surface area contributed by atoms with Gasteiger partial charge in [-0.2, -0.15) is 5.10 Å². The largest absolute Gasteiger partial charge is 0.356 e. The molecule has 1 saturated carbocycles. The Hall–Kier alpha value is -0.640. The molecule has 2 N–H and O–H groups in total. The predicted octanol–water partition coefficient (Wildman–Crippen LogP) is 2.14. The third-order valence-corrected chi connectivity index (χ3v) is 6.00. The first-order chi connectivity index (χ1) is 11.2. The van der Waals surface area contributed by atoms with Gasteiger partial charge in [0.1, 0.15) is 0 Å². The van der Waals surface area contributed by atoms with E-state index < -0.39 is 10.8 Å². The predicted molar refractivity (Wildman–Crippen MR) is 111 cm³/mol. The summed E-state index contributed by atoms with van der Waals surface area (Å²) in [6.07, 6.45) is 9.12. The Kier molecular flexibility index (Phi) is 10.6. The summed E-state index contributed by atoms with van der Waals surface area (Å²) >= 11 is 0. The summed E-state index contributed by atoms with van der Waals surface area (Å²) in [6.45, 7) is 3.77. The lowest BCUT2D eigenvalue weighted by Crippen LogP contribution is -2.46. The number of nitrogens with one attached hydrogen (secondary N) is 2. The molecule has 24 heavy (non-hydrogen) atoms. The van der Waals surface area contributed by atoms with Crippen LogP contribution >= 0.6 is 24.0 Å². The molecule has 0 amide bonds. The Balaban J connectivity index is 0.00000288. The minimum Gasteiger partial charge on any atom is -0.356 e. The first-order valence-corrected chi connectivity index (χ1v) is 9.93. The fraction of sp³-hybridized carbons (Fsp3) is 0.750. The molecule has 3 unspecified atom stereocenters. The van der Waals surface area contributed by atoms with Crippen molar-refractivity contribution in [2.75, 3.05) is 19.3 Å². The van der Waals surface area contributed by atoms with E-state index in [2.05, 4.69) is 20.7 Å². The van der Waals surface area contributed by atoms with E-state index in [-0.39, 0.29) is 24.0 Å². The molecule has 1 aromatic heterocycles. The van der Waals surface area contributed by atoms with Crippen molar-refractivity contribution in [2.45, 2.75) is 56.9 Å². The summed E-state index contributed by atoms with van der Waals surface area (Å²) in [4.78, 5) is 4.30. The average molecular weight is 467 g/mol. The molecular weight excluding hydrogens is 437 g/mol. The van der Waals surface area contributed by atoms with Crippen molar-refractivity contribution in [1.29, 1.82) is 0 Å². The molecule has 8 heteroatoms. The molecule has 6 nitrogen and oxygen atoms in total. The van der Waals surface area contributed by atoms with Crippen LogP contribution in [-0.2, 0) is 17.3 Å². The highest BCUT2D eigenvalue weighted by molar-refractivity contribution is 14.0. The Morgan fingerprint density at radius 1 is 1.46 bits per heavy atom. The number of aryl methyl sites for hydroxylation is 1. The monoisotopic (exact) mass is 467 g/mol. The van der Waals surface area contributed by atoms with Crippen LogP contribution in [0.3, 0.4) is 0 Å². The highest BCUT2D eigenvalue weighted by atomic mass is 127. The molecule has 1 aliphatic carbocycles. The van der Waals surface area contributed by atoms with Crippen LogP contribution in [0.15, 0.2) is 23.5 Å². The second-order valence-corrected chi connectivity index (χ2v) is 7.93. The van der Waals surface area contributed by atoms with Gasteiger partial charge >= 0.3 is 0 Å². The summed E-state index contributed by atoms with van der Waals surface area (Å²) < 4.78 is 14.0. The van der Waals surface area contributed by atoms with Crippen molar-refractivity contribution in [3.8, 4) is 0 Å². The maximum absolute atomic E-state index is 12.0. The lowest BCUT2D eigenvalue weighted by Gasteiger charge is -2.30. The third kappa shape index (κ3) is 7.08. The van der Waals surface area contributed by atoms with Crippen LogP contribution in [0.1, 0.15) is 39.0 Å². The standard InChI is InChI=1S/C16H29N5OS.HI/c1-3-23(22)15-8-4-7-14(13-15)20-16(17-2)18-9-5-11-21-12-6-10-19-21;/h6,10,12,14-15H,3-5,7-9,11,13H2,1-2H3,(H2,17,18,20);1H. The van der Waals surface area contributed by atoms with Crippen LogP contribution < -0.4 is 10.6 Å². The Labute approximate surface area is 164 Å². The van der Waals surface area contributed by atoms with Gasteiger partial charge in [0.15, 0.2) is 5.96 Å². The van der Waals surface area contributed by atoms with E-state index in [1.54, 1.807) is 13.2 Å². The number of halogens is 1. The van der Waals surface area contributed by atoms with Crippen LogP contribution in [0.2, 0.25) is 0 Å². The van der Waals surface area contributed by atoms with Gasteiger partial charge in [-0.25, -0.2) is 0 Å². The van der Waals surface area contributed by atoms with E-state index in [0.29, 0.717) is 11.3 Å². The molecule has 0 aliphatic heterocycles. The van der Waals surface area contributed by atoms with Gasteiger partial charge in [0, 0.05) is 60.4 Å². The van der Waals surface area contributed by atoms with Gasteiger partial charge in [-0.3, -0.25) is 13.9 Å². The van der Waals surface area contributed by atoms with E-state index in [9.17, 15) is 4.21 Å². The van der Waals surface area contributed by atoms with Crippen LogP contribution in [0.25, 0.3) is 0 Å². The van der Waals surface area contributed by atoms with Gasteiger partial charge in [-0.1, -0.05) is 13.3 Å². The van der Waals surface area contributed by atoms with E-state index in [1.807, 2.05) is 23.9 Å². The molecule has 1 fully saturated rings. The smallest absolute Gasteiger partial charge is 0.191 e. The Morgan fingerprint density at radius 2 is 2.29 bits per heavy atom. The number of hydrogen-bond acceptors (Lipinski definition) is 3. The fourth-order valence-corrected chi connectivity index (χ4v) is 4.37. The second-order valence-electron chi connectivity index (χ2n) is 5.92. The van der Waals surface area contributed by atoms with Crippen LogP contribution in [-0.4, -0.2) is 50.6 Å². The van der Waals surface area contributed by atoms with Crippen molar-refractivity contribution in [1.82, 2.24) is 20.4 Å². The fourth-order valence-electron chi connectivity index (χ4n) is 3.02. The minimum absolute atomic E-state index is 0. The van der Waals surface area contributed by atoms with E-state index in [1.165, 1.54) is 0 Å². The summed E-state index contributed by atoms with van der Waals surface area (Å²) in [6, 6.07) is 2.31. The van der Waals surface area contributed by atoms with Crippen molar-refractivity contribution in [3.05, 3.63) is 18.5 Å². The molecule has 0 saturated heterocycles. The zero-order chi connectivity index (χ0) is 16.5. The number of aliphatic imine (C=N–C) groups is 1. The molecule has 0 spiro atoms. The lowest BCUT2D eigenvalue weighted by atomic mass is 9.95. The maximum Gasteiger partial charge on any atom is 0.191 e. The molecule has 2 rings (SSSR count). The number of rotatable bonds is 7. The van der Waals surface area contributed by atoms with Crippen LogP contribution in [0.5, 0.6) is 0 Å². The molecule has 138 valence electrons. The van der Waals surface area contributed by atoms with E-state index in [4.69, 9.17) is 0 Å². The van der Waals surface area contributed by atoms with Gasteiger partial charge in [0.2, 0.25) is 0 Å². The normalized spacial score (nSPS) is 22.5. The van der Waals surface area contributed by atoms with Crippen molar-refractivity contribution < 1.29 is 4.21 Å². The first kappa shape index (κ1) is 21.4. The highest BCUT2D eigenvalue weighted by Gasteiger charge is 2.25.